The van der Waals surface area contributed by atoms with E-state index in [9.17, 15) is 9.90 Å². The number of carbonyl (C=O) groups is 1. The molecule has 0 spiro atoms. The molecule has 0 fully saturated rings. The summed E-state index contributed by atoms with van der Waals surface area (Å²) in [6, 6.07) is 16.5. The van der Waals surface area contributed by atoms with Crippen LogP contribution >= 0.6 is 0 Å². The second-order valence-electron chi connectivity index (χ2n) is 8.18. The largest absolute Gasteiger partial charge is 0.829 e. The van der Waals surface area contributed by atoms with Gasteiger partial charge in [-0.2, -0.15) is 5.10 Å². The van der Waals surface area contributed by atoms with Crippen LogP contribution in [0.4, 0.5) is 5.82 Å². The van der Waals surface area contributed by atoms with Crippen molar-refractivity contribution in [1.29, 1.82) is 0 Å². The van der Waals surface area contributed by atoms with Gasteiger partial charge in [0.15, 0.2) is 11.3 Å². The molecule has 0 saturated heterocycles. The number of hydrogen-bond acceptors (Lipinski definition) is 7. The third-order valence-corrected chi connectivity index (χ3v) is 4.91. The summed E-state index contributed by atoms with van der Waals surface area (Å²) in [6.07, 6.45) is 2.21. The highest BCUT2D eigenvalue weighted by molar-refractivity contribution is 6.03. The van der Waals surface area contributed by atoms with Gasteiger partial charge in [-0.1, -0.05) is 32.0 Å². The second kappa shape index (κ2) is 9.98. The van der Waals surface area contributed by atoms with Crippen molar-refractivity contribution in [3.05, 3.63) is 72.2 Å². The number of nitrogens with zero attached hydrogens (tertiary/aromatic N) is 4. The Kier molecular flexibility index (Phi) is 6.85. The average molecular weight is 461 g/mol. The van der Waals surface area contributed by atoms with Crippen molar-refractivity contribution in [3.8, 4) is 17.0 Å². The predicted octanol–water partition coefficient (Wildman–Crippen LogP) is 3.23. The van der Waals surface area contributed by atoms with Crippen molar-refractivity contribution < 1.29 is 19.4 Å². The third kappa shape index (κ3) is 5.75. The number of ether oxygens (including phenoxy) is 2. The summed E-state index contributed by atoms with van der Waals surface area (Å²) in [4.78, 5) is 21.5. The predicted molar refractivity (Wildman–Crippen MR) is 125 cm³/mol. The Morgan fingerprint density at radius 2 is 1.97 bits per heavy atom. The zero-order chi connectivity index (χ0) is 24.1. The lowest BCUT2D eigenvalue weighted by molar-refractivity contribution is -0.542. The van der Waals surface area contributed by atoms with Gasteiger partial charge in [0.05, 0.1) is 18.0 Å². The lowest BCUT2D eigenvalue weighted by atomic mass is 10.1. The molecule has 1 amide bonds. The lowest BCUT2D eigenvalue weighted by Crippen LogP contribution is -2.40. The molecule has 3 aromatic heterocycles. The van der Waals surface area contributed by atoms with E-state index in [-0.39, 0.29) is 5.91 Å². The molecule has 0 unspecified atom stereocenters. The summed E-state index contributed by atoms with van der Waals surface area (Å²) < 4.78 is 12.5. The van der Waals surface area contributed by atoms with E-state index < -0.39 is 5.79 Å². The van der Waals surface area contributed by atoms with Crippen LogP contribution < -0.4 is 15.2 Å². The van der Waals surface area contributed by atoms with Gasteiger partial charge in [-0.25, -0.2) is 14.5 Å². The first-order valence-corrected chi connectivity index (χ1v) is 11.0. The summed E-state index contributed by atoms with van der Waals surface area (Å²) in [5, 5.41) is 18.9. The number of nitrogens with one attached hydrogen (secondary N) is 1. The zero-order valence-corrected chi connectivity index (χ0v) is 19.3. The monoisotopic (exact) mass is 460 g/mol. The van der Waals surface area contributed by atoms with Crippen LogP contribution in [-0.4, -0.2) is 44.5 Å². The minimum atomic E-state index is -1.40. The number of amides is 1. The SMILES string of the molecule is Cc1nc2ccc(-c3cccc(OCCCOC(C)(C)[O-])c3)nn2c1C(=O)Nc1ccccn1. The van der Waals surface area contributed by atoms with Crippen LogP contribution in [0.2, 0.25) is 0 Å². The molecule has 34 heavy (non-hydrogen) atoms. The molecule has 3 heterocycles. The summed E-state index contributed by atoms with van der Waals surface area (Å²) in [5.74, 6) is -0.611. The summed E-state index contributed by atoms with van der Waals surface area (Å²) in [6.45, 7) is 5.49. The van der Waals surface area contributed by atoms with Crippen molar-refractivity contribution >= 4 is 17.4 Å². The molecule has 4 aromatic rings. The van der Waals surface area contributed by atoms with Crippen LogP contribution in [-0.2, 0) is 4.74 Å². The Morgan fingerprint density at radius 1 is 1.12 bits per heavy atom. The third-order valence-electron chi connectivity index (χ3n) is 4.91. The molecule has 4 rings (SSSR count). The molecule has 9 heteroatoms. The highest BCUT2D eigenvalue weighted by Crippen LogP contribution is 2.24. The van der Waals surface area contributed by atoms with Crippen LogP contribution in [0.3, 0.4) is 0 Å². The molecule has 0 radical (unpaired) electrons. The maximum Gasteiger partial charge on any atom is 0.277 e. The maximum atomic E-state index is 12.9. The molecule has 0 aliphatic heterocycles. The number of imidazole rings is 1. The number of carbonyl (C=O) groups excluding carboxylic acids is 1. The molecule has 0 atom stereocenters. The minimum Gasteiger partial charge on any atom is -0.829 e. The molecular formula is C25H26N5O4-. The van der Waals surface area contributed by atoms with Gasteiger partial charge in [-0.3, -0.25) is 4.79 Å². The molecule has 1 N–H and O–H groups in total. The van der Waals surface area contributed by atoms with E-state index >= 15 is 0 Å². The van der Waals surface area contributed by atoms with E-state index in [1.807, 2.05) is 36.4 Å². The summed E-state index contributed by atoms with van der Waals surface area (Å²) in [7, 11) is 0. The number of aryl methyl sites for hydroxylation is 1. The van der Waals surface area contributed by atoms with Crippen molar-refractivity contribution in [2.45, 2.75) is 33.0 Å². The first-order chi connectivity index (χ1) is 16.3. The van der Waals surface area contributed by atoms with E-state index in [4.69, 9.17) is 9.47 Å². The van der Waals surface area contributed by atoms with Gasteiger partial charge in [0.25, 0.3) is 5.91 Å². The molecule has 9 nitrogen and oxygen atoms in total. The van der Waals surface area contributed by atoms with Gasteiger partial charge < -0.3 is 19.9 Å². The molecule has 0 saturated carbocycles. The number of benzene rings is 1. The van der Waals surface area contributed by atoms with Crippen LogP contribution in [0.15, 0.2) is 60.8 Å². The van der Waals surface area contributed by atoms with Gasteiger partial charge >= 0.3 is 0 Å². The van der Waals surface area contributed by atoms with Gasteiger partial charge in [-0.15, -0.1) is 0 Å². The van der Waals surface area contributed by atoms with Gasteiger partial charge in [-0.05, 0) is 49.1 Å². The highest BCUT2D eigenvalue weighted by atomic mass is 16.6. The first-order valence-electron chi connectivity index (χ1n) is 11.0. The van der Waals surface area contributed by atoms with E-state index in [0.717, 1.165) is 5.56 Å². The maximum absolute atomic E-state index is 12.9. The van der Waals surface area contributed by atoms with Crippen LogP contribution in [0.1, 0.15) is 36.5 Å². The average Bonchev–Trinajstić information content (AvgIpc) is 3.14. The van der Waals surface area contributed by atoms with Gasteiger partial charge in [0, 0.05) is 24.8 Å². The van der Waals surface area contributed by atoms with E-state index in [0.29, 0.717) is 53.9 Å². The quantitative estimate of drug-likeness (QED) is 0.301. The Balaban J connectivity index is 1.52. The van der Waals surface area contributed by atoms with Crippen LogP contribution in [0.25, 0.3) is 16.9 Å². The summed E-state index contributed by atoms with van der Waals surface area (Å²) in [5.41, 5.74) is 2.98. The van der Waals surface area contributed by atoms with Crippen molar-refractivity contribution in [2.75, 3.05) is 18.5 Å². The Labute approximate surface area is 197 Å². The van der Waals surface area contributed by atoms with Gasteiger partial charge in [0.2, 0.25) is 0 Å². The fourth-order valence-electron chi connectivity index (χ4n) is 3.38. The Morgan fingerprint density at radius 3 is 2.74 bits per heavy atom. The van der Waals surface area contributed by atoms with Gasteiger partial charge in [0.1, 0.15) is 11.6 Å². The highest BCUT2D eigenvalue weighted by Gasteiger charge is 2.19. The van der Waals surface area contributed by atoms with E-state index in [1.54, 1.807) is 35.8 Å². The number of hydrogen-bond donors (Lipinski definition) is 1. The van der Waals surface area contributed by atoms with Crippen molar-refractivity contribution in [3.63, 3.8) is 0 Å². The Bertz CT molecular complexity index is 1280. The molecule has 0 aliphatic carbocycles. The number of aromatic nitrogens is 4. The summed E-state index contributed by atoms with van der Waals surface area (Å²) >= 11 is 0. The Hall–Kier alpha value is -3.82. The number of rotatable bonds is 9. The number of anilines is 1. The number of fused-ring (bicyclic) bond motifs is 1. The van der Waals surface area contributed by atoms with Crippen LogP contribution in [0, 0.1) is 6.92 Å². The van der Waals surface area contributed by atoms with E-state index in [1.165, 1.54) is 13.8 Å². The molecule has 0 aliphatic rings. The van der Waals surface area contributed by atoms with Crippen molar-refractivity contribution in [1.82, 2.24) is 19.6 Å². The lowest BCUT2D eigenvalue weighted by Gasteiger charge is -2.31. The van der Waals surface area contributed by atoms with E-state index in [2.05, 4.69) is 20.4 Å². The van der Waals surface area contributed by atoms with Crippen LogP contribution in [0.5, 0.6) is 5.75 Å². The smallest absolute Gasteiger partial charge is 0.277 e. The topological polar surface area (TPSA) is 114 Å². The normalized spacial score (nSPS) is 11.5. The zero-order valence-electron chi connectivity index (χ0n) is 19.3. The molecule has 0 bridgehead atoms. The number of pyridine rings is 1. The second-order valence-corrected chi connectivity index (χ2v) is 8.18. The fourth-order valence-corrected chi connectivity index (χ4v) is 3.38. The fraction of sp³-hybridized carbons (Fsp3) is 0.280. The molecular weight excluding hydrogens is 434 g/mol. The van der Waals surface area contributed by atoms with Crippen molar-refractivity contribution in [2.24, 2.45) is 0 Å². The first kappa shape index (κ1) is 23.3. The molecule has 176 valence electrons. The standard InChI is InChI=1S/C25H26N5O4/c1-17-23(24(31)28-21-10-4-5-13-26-21)30-22(27-17)12-11-20(29-30)18-8-6-9-19(16-18)33-14-7-15-34-25(2,3)32/h4-6,8-13,16H,7,14-15H2,1-3H3,(H,26,28,31)/q-1. The molecule has 1 aromatic carbocycles. The minimum absolute atomic E-state index is 0.331.